The molecule has 0 unspecified atom stereocenters. The Morgan fingerprint density at radius 3 is 2.33 bits per heavy atom. The van der Waals surface area contributed by atoms with Crippen LogP contribution in [0.4, 0.5) is 11.9 Å². The van der Waals surface area contributed by atoms with Crippen LogP contribution in [0.3, 0.4) is 0 Å². The topological polar surface area (TPSA) is 230 Å². The summed E-state index contributed by atoms with van der Waals surface area (Å²) in [4.78, 5) is 55.6. The molecule has 0 aliphatic rings. The van der Waals surface area contributed by atoms with Gasteiger partial charge in [-0.1, -0.05) is 12.1 Å². The number of methoxy groups -OCH3 is 3. The predicted octanol–water partition coefficient (Wildman–Crippen LogP) is 3.98. The lowest BCUT2D eigenvalue weighted by Crippen LogP contribution is -2.18. The van der Waals surface area contributed by atoms with Crippen LogP contribution >= 0.6 is 0 Å². The van der Waals surface area contributed by atoms with Crippen LogP contribution in [0.15, 0.2) is 94.5 Å². The minimum atomic E-state index is -0.572. The van der Waals surface area contributed by atoms with Crippen molar-refractivity contribution in [2.24, 2.45) is 0 Å². The summed E-state index contributed by atoms with van der Waals surface area (Å²) in [7, 11) is 4.50. The minimum Gasteiger partial charge on any atom is -0.493 e. The Labute approximate surface area is 305 Å². The summed E-state index contributed by atoms with van der Waals surface area (Å²) in [6.07, 6.45) is 4.83. The third-order valence-electron chi connectivity index (χ3n) is 7.99. The molecule has 0 aliphatic heterocycles. The molecule has 6 aromatic heterocycles. The summed E-state index contributed by atoms with van der Waals surface area (Å²) < 4.78 is 23.2. The van der Waals surface area contributed by atoms with E-state index < -0.39 is 5.91 Å². The van der Waals surface area contributed by atoms with Gasteiger partial charge in [-0.2, -0.15) is 9.97 Å². The van der Waals surface area contributed by atoms with Gasteiger partial charge in [0.05, 0.1) is 34.3 Å². The summed E-state index contributed by atoms with van der Waals surface area (Å²) in [5, 5.41) is 19.2. The van der Waals surface area contributed by atoms with E-state index in [2.05, 4.69) is 51.0 Å². The number of aromatic nitrogens is 9. The number of rotatable bonds is 13. The fraction of sp³-hybridized carbons (Fsp3) is 0.139. The first kappa shape index (κ1) is 34.8. The molecule has 0 aliphatic carbocycles. The molecule has 0 bridgehead atoms. The van der Waals surface area contributed by atoms with Gasteiger partial charge in [-0.05, 0) is 59.7 Å². The molecule has 0 spiro atoms. The first-order valence-electron chi connectivity index (χ1n) is 16.2. The van der Waals surface area contributed by atoms with Crippen LogP contribution in [0.5, 0.6) is 17.2 Å². The van der Waals surface area contributed by atoms with Crippen molar-refractivity contribution in [3.63, 3.8) is 0 Å². The molecule has 0 fully saturated rings. The van der Waals surface area contributed by atoms with E-state index in [0.717, 1.165) is 5.56 Å². The number of pyridine rings is 3. The number of benzene rings is 1. The van der Waals surface area contributed by atoms with Crippen LogP contribution in [0.25, 0.3) is 34.2 Å². The Morgan fingerprint density at radius 1 is 0.815 bits per heavy atom. The number of carbonyl (C=O) groups is 2. The normalized spacial score (nSPS) is 10.9. The Morgan fingerprint density at radius 2 is 1.57 bits per heavy atom. The Hall–Kier alpha value is -7.63. The van der Waals surface area contributed by atoms with Crippen LogP contribution in [-0.2, 0) is 17.8 Å². The molecule has 7 aromatic rings. The van der Waals surface area contributed by atoms with Crippen LogP contribution in [0.2, 0.25) is 0 Å². The lowest BCUT2D eigenvalue weighted by Gasteiger charge is -2.13. The number of H-pyrrole nitrogens is 2. The van der Waals surface area contributed by atoms with Crippen molar-refractivity contribution in [2.75, 3.05) is 32.0 Å². The van der Waals surface area contributed by atoms with E-state index in [-0.39, 0.29) is 47.9 Å². The fourth-order valence-electron chi connectivity index (χ4n) is 5.51. The molecule has 4 N–H and O–H groups in total. The molecule has 18 heteroatoms. The van der Waals surface area contributed by atoms with E-state index in [9.17, 15) is 14.4 Å². The molecule has 272 valence electrons. The maximum atomic E-state index is 13.0. The molecule has 0 atom stereocenters. The minimum absolute atomic E-state index is 0.00278. The number of hydrogen-bond acceptors (Lipinski definition) is 13. The maximum Gasteiger partial charge on any atom is 0.293 e. The van der Waals surface area contributed by atoms with Gasteiger partial charge in [0.15, 0.2) is 28.9 Å². The zero-order chi connectivity index (χ0) is 37.6. The number of ether oxygens (including phenoxy) is 3. The molecule has 7 rings (SSSR count). The molecule has 6 heterocycles. The van der Waals surface area contributed by atoms with E-state index in [0.29, 0.717) is 51.3 Å². The molecule has 54 heavy (non-hydrogen) atoms. The van der Waals surface area contributed by atoms with Gasteiger partial charge < -0.3 is 23.2 Å². The monoisotopic (exact) mass is 729 g/mol. The van der Waals surface area contributed by atoms with Gasteiger partial charge in [0.25, 0.3) is 11.5 Å². The molecule has 18 nitrogen and oxygen atoms in total. The second kappa shape index (κ2) is 15.3. The molecule has 0 saturated carbocycles. The number of aromatic amines is 2. The van der Waals surface area contributed by atoms with Crippen LogP contribution < -0.4 is 30.4 Å². The standard InChI is InChI=1S/C36H31N11O7/c1-51-26-15-20(16-27(52-2)31(26)53-3)17-28(48)39-35-41-33(44-45-35)30-23(7-6-12-38-30)21-11-13-37-24(18-21)32-40-36(46-43-32)42-34(50)25-10-9-22(54-25)19-47-14-5-4-8-29(47)49/h4-16,18H,17,19H2,1-3H3,(H2,39,41,44,45,48)(H2,40,42,43,46,50). The number of furan rings is 1. The van der Waals surface area contributed by atoms with E-state index in [1.165, 1.54) is 38.0 Å². The van der Waals surface area contributed by atoms with Crippen molar-refractivity contribution in [3.8, 4) is 51.4 Å². The summed E-state index contributed by atoms with van der Waals surface area (Å²) in [5.41, 5.74) is 2.74. The van der Waals surface area contributed by atoms with Gasteiger partial charge in [-0.15, -0.1) is 10.2 Å². The average Bonchev–Trinajstić information content (AvgIpc) is 3.97. The number of nitrogens with one attached hydrogen (secondary N) is 4. The van der Waals surface area contributed by atoms with Crippen molar-refractivity contribution in [1.82, 2.24) is 44.9 Å². The van der Waals surface area contributed by atoms with Crippen LogP contribution in [0.1, 0.15) is 21.9 Å². The van der Waals surface area contributed by atoms with Crippen molar-refractivity contribution >= 4 is 23.7 Å². The molecular formula is C36H31N11O7. The smallest absolute Gasteiger partial charge is 0.293 e. The number of nitrogens with zero attached hydrogens (tertiary/aromatic N) is 7. The van der Waals surface area contributed by atoms with Gasteiger partial charge in [-0.3, -0.25) is 45.2 Å². The average molecular weight is 730 g/mol. The zero-order valence-corrected chi connectivity index (χ0v) is 29.0. The number of carbonyl (C=O) groups excluding carboxylic acids is 2. The fourth-order valence-corrected chi connectivity index (χ4v) is 5.51. The van der Waals surface area contributed by atoms with Gasteiger partial charge in [0.1, 0.15) is 17.1 Å². The third kappa shape index (κ3) is 7.52. The quantitative estimate of drug-likeness (QED) is 0.132. The molecule has 2 amide bonds. The van der Waals surface area contributed by atoms with Crippen LogP contribution in [-0.4, -0.2) is 78.0 Å². The molecule has 1 aromatic carbocycles. The molecule has 0 saturated heterocycles. The largest absolute Gasteiger partial charge is 0.493 e. The zero-order valence-electron chi connectivity index (χ0n) is 29.0. The molecule has 0 radical (unpaired) electrons. The van der Waals surface area contributed by atoms with Crippen molar-refractivity contribution in [1.29, 1.82) is 0 Å². The lowest BCUT2D eigenvalue weighted by atomic mass is 10.0. The van der Waals surface area contributed by atoms with Crippen LogP contribution in [0, 0.1) is 0 Å². The van der Waals surface area contributed by atoms with Crippen molar-refractivity contribution < 1.29 is 28.2 Å². The van der Waals surface area contributed by atoms with Gasteiger partial charge in [0, 0.05) is 30.2 Å². The van der Waals surface area contributed by atoms with E-state index in [1.54, 1.807) is 67.1 Å². The number of amides is 2. The maximum absolute atomic E-state index is 13.0. The summed E-state index contributed by atoms with van der Waals surface area (Å²) in [5.74, 6) is 1.46. The molecular weight excluding hydrogens is 698 g/mol. The Balaban J connectivity index is 1.03. The van der Waals surface area contributed by atoms with E-state index in [1.807, 2.05) is 6.07 Å². The number of anilines is 2. The Kier molecular flexibility index (Phi) is 9.87. The van der Waals surface area contributed by atoms with Gasteiger partial charge >= 0.3 is 0 Å². The summed E-state index contributed by atoms with van der Waals surface area (Å²) in [6, 6.07) is 18.5. The predicted molar refractivity (Wildman–Crippen MR) is 193 cm³/mol. The number of hydrogen-bond donors (Lipinski definition) is 4. The van der Waals surface area contributed by atoms with E-state index in [4.69, 9.17) is 18.6 Å². The van der Waals surface area contributed by atoms with Crippen molar-refractivity contribution in [2.45, 2.75) is 13.0 Å². The second-order valence-corrected chi connectivity index (χ2v) is 11.5. The first-order chi connectivity index (χ1) is 26.3. The summed E-state index contributed by atoms with van der Waals surface area (Å²) >= 11 is 0. The third-order valence-corrected chi connectivity index (χ3v) is 7.99. The highest BCUT2D eigenvalue weighted by atomic mass is 16.5. The van der Waals surface area contributed by atoms with Gasteiger partial charge in [0.2, 0.25) is 23.6 Å². The summed E-state index contributed by atoms with van der Waals surface area (Å²) in [6.45, 7) is 0.171. The highest BCUT2D eigenvalue weighted by Gasteiger charge is 2.19. The van der Waals surface area contributed by atoms with E-state index >= 15 is 0 Å². The van der Waals surface area contributed by atoms with Gasteiger partial charge in [-0.25, -0.2) is 0 Å². The second-order valence-electron chi connectivity index (χ2n) is 11.5. The lowest BCUT2D eigenvalue weighted by molar-refractivity contribution is -0.115. The first-order valence-corrected chi connectivity index (χ1v) is 16.2. The Bertz CT molecular complexity index is 2490. The van der Waals surface area contributed by atoms with Crippen molar-refractivity contribution in [3.05, 3.63) is 113 Å². The SMILES string of the molecule is COc1cc(CC(=O)Nc2n[nH]c(-c3ncccc3-c3ccnc(-c4nc(NC(=O)c5ccc(Cn6ccccc6=O)o5)n[nH]4)c3)n2)cc(OC)c1OC. The highest BCUT2D eigenvalue weighted by molar-refractivity contribution is 6.01. The highest BCUT2D eigenvalue weighted by Crippen LogP contribution is 2.38.